The summed E-state index contributed by atoms with van der Waals surface area (Å²) in [7, 11) is 0. The molecule has 2 rings (SSSR count). The van der Waals surface area contributed by atoms with Gasteiger partial charge in [-0.25, -0.2) is 0 Å². The molecule has 3 atom stereocenters. The fraction of sp³-hybridized carbons (Fsp3) is 0.632. The smallest absolute Gasteiger partial charge is 0.179 e. The summed E-state index contributed by atoms with van der Waals surface area (Å²) in [5, 5.41) is 3.59. The Kier molecular flexibility index (Phi) is 6.46. The minimum Gasteiger partial charge on any atom is -0.492 e. The van der Waals surface area contributed by atoms with Crippen LogP contribution < -0.4 is 15.8 Å². The summed E-state index contributed by atoms with van der Waals surface area (Å²) >= 11 is 0. The van der Waals surface area contributed by atoms with Gasteiger partial charge in [0.25, 0.3) is 0 Å². The first-order chi connectivity index (χ1) is 11.1. The first kappa shape index (κ1) is 17.8. The fourth-order valence-electron chi connectivity index (χ4n) is 3.39. The molecule has 1 aromatic rings. The summed E-state index contributed by atoms with van der Waals surface area (Å²) in [6.45, 7) is 6.82. The van der Waals surface area contributed by atoms with Gasteiger partial charge >= 0.3 is 0 Å². The van der Waals surface area contributed by atoms with E-state index in [4.69, 9.17) is 10.5 Å². The fourth-order valence-corrected chi connectivity index (χ4v) is 3.39. The van der Waals surface area contributed by atoms with Crippen LogP contribution in [0.3, 0.4) is 0 Å². The normalized spacial score (nSPS) is 22.6. The van der Waals surface area contributed by atoms with E-state index in [0.717, 1.165) is 12.8 Å². The maximum absolute atomic E-state index is 12.8. The predicted molar refractivity (Wildman–Crippen MR) is 95.0 cm³/mol. The van der Waals surface area contributed by atoms with E-state index < -0.39 is 0 Å². The third kappa shape index (κ3) is 4.47. The number of anilines is 1. The van der Waals surface area contributed by atoms with Crippen molar-refractivity contribution in [3.8, 4) is 5.75 Å². The summed E-state index contributed by atoms with van der Waals surface area (Å²) in [4.78, 5) is 12.8. The Labute approximate surface area is 139 Å². The summed E-state index contributed by atoms with van der Waals surface area (Å²) in [5.74, 6) is 1.40. The molecule has 1 fully saturated rings. The number of carbonyl (C=O) groups is 1. The zero-order chi connectivity index (χ0) is 16.8. The number of ether oxygens (including phenoxy) is 1. The molecule has 0 radical (unpaired) electrons. The minimum atomic E-state index is -0.141. The second-order valence-corrected chi connectivity index (χ2v) is 6.55. The van der Waals surface area contributed by atoms with Crippen LogP contribution in [0, 0.1) is 5.92 Å². The molecule has 1 saturated carbocycles. The van der Waals surface area contributed by atoms with Gasteiger partial charge in [0.15, 0.2) is 5.78 Å². The lowest BCUT2D eigenvalue weighted by molar-refractivity contribution is 0.0920. The van der Waals surface area contributed by atoms with Gasteiger partial charge in [0.1, 0.15) is 5.75 Å². The molecule has 0 bridgehead atoms. The van der Waals surface area contributed by atoms with Crippen LogP contribution >= 0.6 is 0 Å². The number of hydrogen-bond acceptors (Lipinski definition) is 4. The van der Waals surface area contributed by atoms with Crippen molar-refractivity contribution >= 4 is 11.5 Å². The van der Waals surface area contributed by atoms with Crippen molar-refractivity contribution in [1.82, 2.24) is 5.32 Å². The highest BCUT2D eigenvalue weighted by Gasteiger charge is 2.27. The maximum atomic E-state index is 12.8. The summed E-state index contributed by atoms with van der Waals surface area (Å²) in [5.41, 5.74) is 7.18. The molecule has 0 amide bonds. The number of hydrogen-bond donors (Lipinski definition) is 2. The van der Waals surface area contributed by atoms with E-state index in [9.17, 15) is 4.79 Å². The molecule has 3 unspecified atom stereocenters. The van der Waals surface area contributed by atoms with E-state index in [0.29, 0.717) is 35.6 Å². The van der Waals surface area contributed by atoms with Crippen LogP contribution in [0.5, 0.6) is 5.75 Å². The van der Waals surface area contributed by atoms with E-state index in [1.54, 1.807) is 12.1 Å². The lowest BCUT2D eigenvalue weighted by Crippen LogP contribution is -2.47. The van der Waals surface area contributed by atoms with Crippen molar-refractivity contribution in [3.63, 3.8) is 0 Å². The summed E-state index contributed by atoms with van der Waals surface area (Å²) < 4.78 is 5.44. The molecule has 4 heteroatoms. The van der Waals surface area contributed by atoms with Gasteiger partial charge in [-0.1, -0.05) is 26.7 Å². The number of nitrogen functional groups attached to an aromatic ring is 1. The second kappa shape index (κ2) is 8.34. The number of nitrogens with one attached hydrogen (secondary N) is 1. The number of ketones is 1. The molecule has 0 heterocycles. The standard InChI is InChI=1S/C19H30N2O2/c1-4-16(21-17-9-7-6-8-13(17)3)19(22)14-10-11-18(23-5-2)15(20)12-14/h10-13,16-17,21H,4-9,20H2,1-3H3. The van der Waals surface area contributed by atoms with Gasteiger partial charge in [0.05, 0.1) is 18.3 Å². The topological polar surface area (TPSA) is 64.3 Å². The summed E-state index contributed by atoms with van der Waals surface area (Å²) in [6, 6.07) is 5.65. The van der Waals surface area contributed by atoms with Gasteiger partial charge in [-0.05, 0) is 50.3 Å². The quantitative estimate of drug-likeness (QED) is 0.593. The highest BCUT2D eigenvalue weighted by Crippen LogP contribution is 2.26. The van der Waals surface area contributed by atoms with Gasteiger partial charge in [0.2, 0.25) is 0 Å². The van der Waals surface area contributed by atoms with Crippen molar-refractivity contribution < 1.29 is 9.53 Å². The number of rotatable bonds is 7. The molecule has 0 spiro atoms. The number of nitrogens with two attached hydrogens (primary N) is 1. The van der Waals surface area contributed by atoms with E-state index in [-0.39, 0.29) is 11.8 Å². The van der Waals surface area contributed by atoms with Gasteiger partial charge in [-0.15, -0.1) is 0 Å². The Morgan fingerprint density at radius 2 is 2.09 bits per heavy atom. The predicted octanol–water partition coefficient (Wildman–Crippen LogP) is 3.80. The molecule has 1 aliphatic rings. The molecule has 4 nitrogen and oxygen atoms in total. The van der Waals surface area contributed by atoms with Crippen molar-refractivity contribution in [2.45, 2.75) is 65.0 Å². The first-order valence-electron chi connectivity index (χ1n) is 8.89. The highest BCUT2D eigenvalue weighted by molar-refractivity contribution is 6.01. The molecule has 0 aromatic heterocycles. The largest absolute Gasteiger partial charge is 0.492 e. The van der Waals surface area contributed by atoms with Crippen molar-refractivity contribution in [2.75, 3.05) is 12.3 Å². The first-order valence-corrected chi connectivity index (χ1v) is 8.89. The molecule has 1 aromatic carbocycles. The van der Waals surface area contributed by atoms with Gasteiger partial charge < -0.3 is 15.8 Å². The molecule has 3 N–H and O–H groups in total. The average molecular weight is 318 g/mol. The van der Waals surface area contributed by atoms with Gasteiger partial charge in [0, 0.05) is 11.6 Å². The van der Waals surface area contributed by atoms with Crippen LogP contribution in [0.1, 0.15) is 63.2 Å². The van der Waals surface area contributed by atoms with Crippen LogP contribution in [0.2, 0.25) is 0 Å². The molecule has 0 aliphatic heterocycles. The maximum Gasteiger partial charge on any atom is 0.179 e. The molecule has 1 aliphatic carbocycles. The van der Waals surface area contributed by atoms with Crippen LogP contribution in [0.25, 0.3) is 0 Å². The molecule has 128 valence electrons. The van der Waals surface area contributed by atoms with Crippen LogP contribution in [-0.2, 0) is 0 Å². The molecule has 23 heavy (non-hydrogen) atoms. The molecular formula is C19H30N2O2. The minimum absolute atomic E-state index is 0.125. The summed E-state index contributed by atoms with van der Waals surface area (Å²) in [6.07, 6.45) is 5.76. The third-order valence-electron chi connectivity index (χ3n) is 4.85. The molecule has 0 saturated heterocycles. The van der Waals surface area contributed by atoms with Crippen LogP contribution in [-0.4, -0.2) is 24.5 Å². The zero-order valence-corrected chi connectivity index (χ0v) is 14.6. The SMILES string of the molecule is CCOc1ccc(C(=O)C(CC)NC2CCCCC2C)cc1N. The average Bonchev–Trinajstić information content (AvgIpc) is 2.55. The third-order valence-corrected chi connectivity index (χ3v) is 4.85. The lowest BCUT2D eigenvalue weighted by Gasteiger charge is -2.32. The Morgan fingerprint density at radius 1 is 1.35 bits per heavy atom. The van der Waals surface area contributed by atoms with Gasteiger partial charge in [-0.3, -0.25) is 4.79 Å². The number of Topliss-reactive ketones (excluding diaryl/α,β-unsaturated/α-hetero) is 1. The lowest BCUT2D eigenvalue weighted by atomic mass is 9.85. The van der Waals surface area contributed by atoms with Crippen LogP contribution in [0.4, 0.5) is 5.69 Å². The van der Waals surface area contributed by atoms with E-state index in [1.165, 1.54) is 19.3 Å². The Hall–Kier alpha value is -1.55. The number of benzene rings is 1. The van der Waals surface area contributed by atoms with Crippen molar-refractivity contribution in [3.05, 3.63) is 23.8 Å². The van der Waals surface area contributed by atoms with E-state index in [2.05, 4.69) is 19.2 Å². The Morgan fingerprint density at radius 3 is 2.70 bits per heavy atom. The van der Waals surface area contributed by atoms with E-state index >= 15 is 0 Å². The van der Waals surface area contributed by atoms with E-state index in [1.807, 2.05) is 13.0 Å². The zero-order valence-electron chi connectivity index (χ0n) is 14.6. The second-order valence-electron chi connectivity index (χ2n) is 6.55. The monoisotopic (exact) mass is 318 g/mol. The number of carbonyl (C=O) groups excluding carboxylic acids is 1. The van der Waals surface area contributed by atoms with Crippen molar-refractivity contribution in [1.29, 1.82) is 0 Å². The van der Waals surface area contributed by atoms with Crippen LogP contribution in [0.15, 0.2) is 18.2 Å². The van der Waals surface area contributed by atoms with Crippen molar-refractivity contribution in [2.24, 2.45) is 5.92 Å². The Balaban J connectivity index is 2.08. The Bertz CT molecular complexity index is 530. The van der Waals surface area contributed by atoms with Gasteiger partial charge in [-0.2, -0.15) is 0 Å². The molecular weight excluding hydrogens is 288 g/mol. The highest BCUT2D eigenvalue weighted by atomic mass is 16.5.